The molecule has 0 rings (SSSR count). The summed E-state index contributed by atoms with van der Waals surface area (Å²) in [5.74, 6) is 0. The molecule has 0 aromatic rings. The van der Waals surface area contributed by atoms with Crippen molar-refractivity contribution in [3.63, 3.8) is 0 Å². The van der Waals surface area contributed by atoms with Crippen LogP contribution in [0.4, 0.5) is 26.3 Å². The molecule has 0 amide bonds. The first-order valence-corrected chi connectivity index (χ1v) is 5.14. The number of nitrogens with one attached hydrogen (secondary N) is 1. The molecule has 0 saturated heterocycles. The van der Waals surface area contributed by atoms with Gasteiger partial charge in [0.15, 0.2) is 0 Å². The summed E-state index contributed by atoms with van der Waals surface area (Å²) in [7, 11) is -7.87. The Morgan fingerprint density at radius 1 is 0.688 bits per heavy atom. The molecule has 1 N–H and O–H groups in total. The Hall–Kier alpha value is -0.201. The van der Waals surface area contributed by atoms with Crippen LogP contribution in [0.25, 0.3) is 0 Å². The van der Waals surface area contributed by atoms with Gasteiger partial charge in [0.2, 0.25) is 0 Å². The molecule has 16 heavy (non-hydrogen) atoms. The van der Waals surface area contributed by atoms with Crippen LogP contribution in [-0.4, -0.2) is 11.0 Å². The Labute approximate surface area is 96.1 Å². The van der Waals surface area contributed by atoms with Gasteiger partial charge in [-0.3, -0.25) is 0 Å². The van der Waals surface area contributed by atoms with Crippen molar-refractivity contribution < 1.29 is 59.0 Å². The number of hydrogen-bond acceptors (Lipinski definition) is 7. The molecule has 0 aliphatic rings. The van der Waals surface area contributed by atoms with Gasteiger partial charge in [0.25, 0.3) is 0 Å². The van der Waals surface area contributed by atoms with Gasteiger partial charge in [-0.1, -0.05) is 0 Å². The minimum atomic E-state index is -5.08. The summed E-state index contributed by atoms with van der Waals surface area (Å²) in [5, 5.41) is 0. The van der Waals surface area contributed by atoms with Crippen LogP contribution in [-0.2, 0) is 54.1 Å². The molecule has 101 valence electrons. The van der Waals surface area contributed by atoms with E-state index in [1.807, 2.05) is 0 Å². The molecule has 0 spiro atoms. The zero-order valence-corrected chi connectivity index (χ0v) is 9.41. The summed E-state index contributed by atoms with van der Waals surface area (Å²) in [4.78, 5) is 0. The summed E-state index contributed by atoms with van der Waals surface area (Å²) < 4.78 is 105. The summed E-state index contributed by atoms with van der Waals surface area (Å²) >= 11 is 2.19. The Morgan fingerprint density at radius 3 is 0.750 bits per heavy atom. The predicted molar refractivity (Wildman–Crippen MR) is 32.3 cm³/mol. The number of rotatable bonds is 0. The second kappa shape index (κ2) is 8.90. The average Bonchev–Trinajstić information content (AvgIpc) is 2.05. The molecule has 0 radical (unpaired) electrons. The monoisotopic (exact) mass is 336 g/mol. The summed E-state index contributed by atoms with van der Waals surface area (Å²) in [6.45, 7) is 0. The van der Waals surface area contributed by atoms with Crippen LogP contribution in [0.3, 0.4) is 0 Å². The number of halogens is 6. The molecule has 0 atom stereocenters. The first kappa shape index (κ1) is 21.1. The van der Waals surface area contributed by atoms with E-state index < -0.39 is 32.4 Å². The Morgan fingerprint density at radius 2 is 0.750 bits per heavy atom. The fourth-order valence-corrected chi connectivity index (χ4v) is 0. The molecule has 0 unspecified atom stereocenters. The molecule has 0 bridgehead atoms. The predicted octanol–water partition coefficient (Wildman–Crippen LogP) is 1.93. The molecular weight excluding hydrogens is 335 g/mol. The minimum absolute atomic E-state index is 2.19. The maximum absolute atomic E-state index is 10.6. The van der Waals surface area contributed by atoms with E-state index in [0.29, 0.717) is 0 Å². The zero-order chi connectivity index (χ0) is 14.2. The molecule has 14 heteroatoms. The first-order valence-electron chi connectivity index (χ1n) is 2.40. The Kier molecular flexibility index (Phi) is 11.7. The van der Waals surface area contributed by atoms with E-state index in [4.69, 9.17) is 21.2 Å². The Balaban J connectivity index is -0.000000183. The van der Waals surface area contributed by atoms with Crippen molar-refractivity contribution in [1.29, 1.82) is 4.38 Å². The maximum atomic E-state index is 10.6. The molecule has 0 aromatic carbocycles. The van der Waals surface area contributed by atoms with Crippen molar-refractivity contribution in [2.45, 2.75) is 11.0 Å². The zero-order valence-electron chi connectivity index (χ0n) is 6.60. The topological polar surface area (TPSA) is 92.1 Å². The van der Waals surface area contributed by atoms with E-state index in [0.717, 1.165) is 0 Å². The van der Waals surface area contributed by atoms with E-state index in [9.17, 15) is 26.3 Å². The van der Waals surface area contributed by atoms with Crippen molar-refractivity contribution in [2.24, 2.45) is 0 Å². The first-order chi connectivity index (χ1) is 6.89. The van der Waals surface area contributed by atoms with Crippen LogP contribution in [0.1, 0.15) is 0 Å². The van der Waals surface area contributed by atoms with Gasteiger partial charge in [-0.2, -0.15) is 26.3 Å². The summed E-state index contributed by atoms with van der Waals surface area (Å²) in [6, 6.07) is 0. The van der Waals surface area contributed by atoms with Crippen LogP contribution in [0.5, 0.6) is 0 Å². The van der Waals surface area contributed by atoms with Gasteiger partial charge in [0.1, 0.15) is 0 Å². The van der Waals surface area contributed by atoms with E-state index in [1.165, 1.54) is 0 Å². The van der Waals surface area contributed by atoms with Crippen LogP contribution >= 0.6 is 0 Å². The van der Waals surface area contributed by atoms with Crippen LogP contribution < -0.4 is 0 Å². The van der Waals surface area contributed by atoms with Gasteiger partial charge in [0, 0.05) is 21.4 Å². The fraction of sp³-hybridized carbons (Fsp3) is 1.00. The van der Waals surface area contributed by atoms with Gasteiger partial charge in [0.05, 0.1) is 0 Å². The van der Waals surface area contributed by atoms with Crippen molar-refractivity contribution >= 4 is 21.4 Å². The second-order valence-corrected chi connectivity index (χ2v) is 3.23. The fourth-order valence-electron chi connectivity index (χ4n) is 0. The summed E-state index contributed by atoms with van der Waals surface area (Å²) in [5.41, 5.74) is -10.2. The molecule has 0 aliphatic carbocycles. The normalized spacial score (nSPS) is 11.2. The van der Waals surface area contributed by atoms with Crippen LogP contribution in [0.15, 0.2) is 0 Å². The van der Waals surface area contributed by atoms with E-state index >= 15 is 0 Å². The van der Waals surface area contributed by atoms with Gasteiger partial charge >= 0.3 is 31.2 Å². The molecule has 0 aromatic heterocycles. The van der Waals surface area contributed by atoms with Gasteiger partial charge in [-0.05, 0) is 0 Å². The van der Waals surface area contributed by atoms with Gasteiger partial charge < -0.3 is 16.8 Å². The Bertz CT molecular complexity index is 282. The van der Waals surface area contributed by atoms with E-state index in [2.05, 4.69) is 15.8 Å². The molecule has 0 fully saturated rings. The molecule has 5 nitrogen and oxygen atoms in total. The van der Waals surface area contributed by atoms with E-state index in [1.54, 1.807) is 0 Å². The average molecular weight is 336 g/mol. The second-order valence-electron chi connectivity index (χ2n) is 1.36. The quantitative estimate of drug-likeness (QED) is 0.416. The third-order valence-electron chi connectivity index (χ3n) is 0.378. The standard InChI is InChI=1S/2CF3O2S.Mn.HN/c2*2-1(3,4)7(5)6;;/h;;;1H/q2*-1;;. The SMILES string of the molecule is O=[S-](=O)C(F)(F)F.O=[S-](=O)C(F)(F)F.[NH]=[Mn]. The third-order valence-corrected chi connectivity index (χ3v) is 1.13. The molecular formula is C2HF6MnNO4S2-2. The molecule has 0 heterocycles. The van der Waals surface area contributed by atoms with Gasteiger partial charge in [-0.25, -0.2) is 0 Å². The van der Waals surface area contributed by atoms with Gasteiger partial charge in [-0.15, -0.1) is 0 Å². The van der Waals surface area contributed by atoms with E-state index in [-0.39, 0.29) is 0 Å². The number of hydrogen-bond donors (Lipinski definition) is 1. The van der Waals surface area contributed by atoms with Crippen LogP contribution in [0, 0.1) is 4.38 Å². The van der Waals surface area contributed by atoms with Crippen molar-refractivity contribution in [3.05, 3.63) is 0 Å². The van der Waals surface area contributed by atoms with Crippen LogP contribution in [0.2, 0.25) is 0 Å². The molecule has 0 aliphatic heterocycles. The molecule has 0 saturated carbocycles. The summed E-state index contributed by atoms with van der Waals surface area (Å²) in [6.07, 6.45) is 0. The van der Waals surface area contributed by atoms with Crippen molar-refractivity contribution in [3.8, 4) is 0 Å². The van der Waals surface area contributed by atoms with Crippen molar-refractivity contribution in [1.82, 2.24) is 0 Å². The number of alkyl halides is 6. The van der Waals surface area contributed by atoms with Crippen molar-refractivity contribution in [2.75, 3.05) is 0 Å². The third kappa shape index (κ3) is 16.2.